The molecule has 0 aliphatic carbocycles. The van der Waals surface area contributed by atoms with Gasteiger partial charge in [0.25, 0.3) is 10.0 Å². The molecular formula is C49H77N13O14S. The van der Waals surface area contributed by atoms with Gasteiger partial charge in [-0.05, 0) is 107 Å². The number of unbranched alkanes of at least 4 members (excludes halogenated alkanes) is 6. The number of nitrogen functional groups attached to an aromatic ring is 3. The molecule has 2 aromatic carbocycles. The number of carbonyl (C=O) groups is 5. The fraction of sp³-hybridized carbons (Fsp3) is 0.510. The van der Waals surface area contributed by atoms with E-state index in [1.165, 1.54) is 37.3 Å². The van der Waals surface area contributed by atoms with Gasteiger partial charge in [0.05, 0.1) is 26.2 Å². The Morgan fingerprint density at radius 1 is 0.688 bits per heavy atom. The van der Waals surface area contributed by atoms with Crippen LogP contribution in [0.1, 0.15) is 107 Å². The molecule has 4 aromatic rings. The maximum atomic E-state index is 12.0. The summed E-state index contributed by atoms with van der Waals surface area (Å²) in [4.78, 5) is 66.4. The summed E-state index contributed by atoms with van der Waals surface area (Å²) in [6.07, 6.45) is 7.98. The van der Waals surface area contributed by atoms with E-state index in [-0.39, 0.29) is 73.8 Å². The molecule has 2 heterocycles. The van der Waals surface area contributed by atoms with Crippen LogP contribution < -0.4 is 52.5 Å². The van der Waals surface area contributed by atoms with Gasteiger partial charge in [0.15, 0.2) is 17.3 Å². The number of nitrogens with zero attached hydrogens (tertiary/aromatic N) is 6. The van der Waals surface area contributed by atoms with Crippen molar-refractivity contribution in [3.8, 4) is 17.2 Å². The largest absolute Gasteiger partial charge is 0.493 e. The van der Waals surface area contributed by atoms with Crippen molar-refractivity contribution in [2.24, 2.45) is 5.73 Å². The summed E-state index contributed by atoms with van der Waals surface area (Å²) in [5, 5.41) is 39.6. The molecule has 77 heavy (non-hydrogen) atoms. The third kappa shape index (κ3) is 26.2. The van der Waals surface area contributed by atoms with Gasteiger partial charge in [-0.2, -0.15) is 4.98 Å². The summed E-state index contributed by atoms with van der Waals surface area (Å²) >= 11 is 0. The molecule has 0 radical (unpaired) electrons. The van der Waals surface area contributed by atoms with Crippen molar-refractivity contribution in [2.45, 2.75) is 109 Å². The SMILES string of the molecule is CC(=O)N(O)CCCCCNC(=O)CCC(=O)N(O)CCCCCNC(=O)CCC(=O)N(O)CCCCCN.COc1cc(Cc2cnc(N)nc2N)cc(OC)c1OC.Cc1cc(NS(=O)(=O)c2ccc(N)cc2)no1. The molecule has 0 atom stereocenters. The second-order valence-electron chi connectivity index (χ2n) is 17.2. The van der Waals surface area contributed by atoms with Crippen LogP contribution in [-0.4, -0.2) is 144 Å². The molecule has 428 valence electrons. The summed E-state index contributed by atoms with van der Waals surface area (Å²) in [7, 11) is 1.06. The highest BCUT2D eigenvalue weighted by Crippen LogP contribution is 2.39. The molecule has 27 nitrogen and oxygen atoms in total. The summed E-state index contributed by atoms with van der Waals surface area (Å²) in [6.45, 7) is 4.89. The van der Waals surface area contributed by atoms with Gasteiger partial charge >= 0.3 is 0 Å². The highest BCUT2D eigenvalue weighted by atomic mass is 32.2. The van der Waals surface area contributed by atoms with Gasteiger partial charge in [-0.3, -0.25) is 44.3 Å². The summed E-state index contributed by atoms with van der Waals surface area (Å²) < 4.78 is 46.8. The van der Waals surface area contributed by atoms with Crippen LogP contribution in [0.25, 0.3) is 0 Å². The highest BCUT2D eigenvalue weighted by Gasteiger charge is 2.18. The lowest BCUT2D eigenvalue weighted by Gasteiger charge is -2.15. The first kappa shape index (κ1) is 65.6. The predicted molar refractivity (Wildman–Crippen MR) is 284 cm³/mol. The number of aromatic nitrogens is 3. The lowest BCUT2D eigenvalue weighted by Crippen LogP contribution is -2.31. The maximum Gasteiger partial charge on any atom is 0.263 e. The monoisotopic (exact) mass is 1100 g/mol. The first-order valence-corrected chi connectivity index (χ1v) is 26.3. The van der Waals surface area contributed by atoms with Crippen molar-refractivity contribution in [3.05, 3.63) is 65.5 Å². The van der Waals surface area contributed by atoms with Crippen LogP contribution in [0.3, 0.4) is 0 Å². The number of methoxy groups -OCH3 is 3. The Hall–Kier alpha value is -7.53. The number of hydrogen-bond donors (Lipinski definition) is 10. The molecule has 5 amide bonds. The van der Waals surface area contributed by atoms with E-state index >= 15 is 0 Å². The Morgan fingerprint density at radius 3 is 1.64 bits per heavy atom. The zero-order valence-corrected chi connectivity index (χ0v) is 45.3. The first-order valence-electron chi connectivity index (χ1n) is 24.8. The number of hydrogen-bond acceptors (Lipinski definition) is 21. The number of hydroxylamine groups is 6. The van der Waals surface area contributed by atoms with Gasteiger partial charge in [0, 0.05) is 95.3 Å². The van der Waals surface area contributed by atoms with Crippen LogP contribution >= 0.6 is 0 Å². The minimum absolute atomic E-state index is 0.0191. The van der Waals surface area contributed by atoms with Crippen LogP contribution in [0.5, 0.6) is 17.2 Å². The number of anilines is 4. The Balaban J connectivity index is 0.000000440. The van der Waals surface area contributed by atoms with E-state index in [9.17, 15) is 48.0 Å². The van der Waals surface area contributed by atoms with Crippen molar-refractivity contribution in [1.29, 1.82) is 0 Å². The van der Waals surface area contributed by atoms with E-state index < -0.39 is 27.7 Å². The number of rotatable bonds is 31. The van der Waals surface area contributed by atoms with E-state index in [4.69, 9.17) is 41.7 Å². The molecule has 0 spiro atoms. The third-order valence-electron chi connectivity index (χ3n) is 11.0. The molecule has 0 bridgehead atoms. The number of sulfonamides is 1. The molecule has 2 aromatic heterocycles. The predicted octanol–water partition coefficient (Wildman–Crippen LogP) is 3.55. The minimum Gasteiger partial charge on any atom is -0.493 e. The standard InChI is InChI=1S/C25H48N6O8.C14H18N4O3.C10H11N3O3S/c1-21(32)29(37)18-9-3-6-16-27-22(33)12-14-25(36)31(39)20-10-4-7-17-28-23(34)11-13-24(35)30(38)19-8-2-5-15-26;1-19-10-5-8(6-11(20-2)12(10)21-3)4-9-7-17-14(16)18-13(9)15;1-7-6-10(12-16-7)13-17(14,15)9-4-2-8(11)3-5-9/h37-39H,2-20,26H2,1H3,(H,27,33)(H,28,34);5-7H,4H2,1-3H3,(H4,15,16,17,18);2-6H,11H2,1H3,(H,12,13). The lowest BCUT2D eigenvalue weighted by atomic mass is 10.1. The normalized spacial score (nSPS) is 10.7. The van der Waals surface area contributed by atoms with Gasteiger partial charge in [0.1, 0.15) is 11.6 Å². The zero-order chi connectivity index (χ0) is 57.3. The Bertz CT molecular complexity index is 2530. The number of benzene rings is 2. The third-order valence-corrected chi connectivity index (χ3v) is 12.3. The molecule has 4 rings (SSSR count). The summed E-state index contributed by atoms with van der Waals surface area (Å²) in [5.41, 5.74) is 24.4. The van der Waals surface area contributed by atoms with Crippen LogP contribution in [0, 0.1) is 6.92 Å². The topological polar surface area (TPSA) is 410 Å². The van der Waals surface area contributed by atoms with Crippen LogP contribution in [0.4, 0.5) is 23.3 Å². The van der Waals surface area contributed by atoms with E-state index in [1.807, 2.05) is 12.1 Å². The van der Waals surface area contributed by atoms with Crippen molar-refractivity contribution < 1.29 is 66.7 Å². The number of amides is 5. The van der Waals surface area contributed by atoms with Gasteiger partial charge in [-0.15, -0.1) is 0 Å². The molecule has 0 unspecified atom stereocenters. The molecule has 28 heteroatoms. The Morgan fingerprint density at radius 2 is 1.19 bits per heavy atom. The summed E-state index contributed by atoms with van der Waals surface area (Å²) in [6, 6.07) is 11.1. The average Bonchev–Trinajstić information content (AvgIpc) is 3.81. The van der Waals surface area contributed by atoms with Gasteiger partial charge in [0.2, 0.25) is 41.2 Å². The Labute approximate surface area is 448 Å². The molecule has 14 N–H and O–H groups in total. The molecule has 0 aliphatic rings. The van der Waals surface area contributed by atoms with E-state index in [0.29, 0.717) is 114 Å². The van der Waals surface area contributed by atoms with Crippen molar-refractivity contribution in [2.75, 3.05) is 82.5 Å². The molecule has 0 fully saturated rings. The van der Waals surface area contributed by atoms with Crippen molar-refractivity contribution in [3.63, 3.8) is 0 Å². The second-order valence-corrected chi connectivity index (χ2v) is 18.9. The van der Waals surface area contributed by atoms with Crippen molar-refractivity contribution in [1.82, 2.24) is 40.9 Å². The van der Waals surface area contributed by atoms with Crippen LogP contribution in [0.15, 0.2) is 58.1 Å². The average molecular weight is 1100 g/mol. The minimum atomic E-state index is -3.64. The zero-order valence-electron chi connectivity index (χ0n) is 44.5. The summed E-state index contributed by atoms with van der Waals surface area (Å²) in [5.74, 6) is 0.856. The number of aryl methyl sites for hydroxylation is 1. The first-order chi connectivity index (χ1) is 36.6. The quantitative estimate of drug-likeness (QED) is 0.0149. The van der Waals surface area contributed by atoms with Crippen LogP contribution in [0.2, 0.25) is 0 Å². The number of carbonyl (C=O) groups excluding carboxylic acids is 5. The highest BCUT2D eigenvalue weighted by molar-refractivity contribution is 7.92. The molecular weight excluding hydrogens is 1030 g/mol. The smallest absolute Gasteiger partial charge is 0.263 e. The fourth-order valence-corrected chi connectivity index (χ4v) is 7.72. The van der Waals surface area contributed by atoms with Gasteiger partial charge in [-0.1, -0.05) is 11.6 Å². The van der Waals surface area contributed by atoms with E-state index in [1.54, 1.807) is 34.4 Å². The number of nitrogens with one attached hydrogen (secondary N) is 3. The fourth-order valence-electron chi connectivity index (χ4n) is 6.73. The number of ether oxygens (including phenoxy) is 3. The van der Waals surface area contributed by atoms with E-state index in [0.717, 1.165) is 30.4 Å². The lowest BCUT2D eigenvalue weighted by molar-refractivity contribution is -0.166. The Kier molecular flexibility index (Phi) is 30.4. The maximum absolute atomic E-state index is 12.0. The van der Waals surface area contributed by atoms with Crippen molar-refractivity contribution >= 4 is 62.8 Å². The molecule has 0 aliphatic heterocycles. The van der Waals surface area contributed by atoms with E-state index in [2.05, 4.69) is 30.5 Å². The number of nitrogens with two attached hydrogens (primary N) is 4. The second kappa shape index (κ2) is 35.7. The van der Waals surface area contributed by atoms with Gasteiger partial charge in [-0.25, -0.2) is 28.6 Å². The van der Waals surface area contributed by atoms with Crippen LogP contribution in [-0.2, 0) is 40.4 Å². The molecule has 0 saturated carbocycles. The van der Waals surface area contributed by atoms with Gasteiger partial charge < -0.3 is 52.3 Å². The molecule has 0 saturated heterocycles.